The summed E-state index contributed by atoms with van der Waals surface area (Å²) in [6.07, 6.45) is 6.05. The summed E-state index contributed by atoms with van der Waals surface area (Å²) in [5.41, 5.74) is 11.7. The smallest absolute Gasteiger partial charge is 0.193 e. The molecule has 0 unspecified atom stereocenters. The lowest BCUT2D eigenvalue weighted by atomic mass is 9.96. The molecule has 0 aromatic heterocycles. The maximum Gasteiger partial charge on any atom is 0.193 e. The van der Waals surface area contributed by atoms with Gasteiger partial charge >= 0.3 is 0 Å². The van der Waals surface area contributed by atoms with Crippen molar-refractivity contribution in [1.29, 1.82) is 0 Å². The molecule has 0 saturated heterocycles. The summed E-state index contributed by atoms with van der Waals surface area (Å²) in [6.45, 7) is 0.765. The van der Waals surface area contributed by atoms with Crippen LogP contribution in [0.15, 0.2) is 53.5 Å². The Kier molecular flexibility index (Phi) is 5.13. The molecule has 2 aromatic rings. The quantitative estimate of drug-likeness (QED) is 0.430. The fraction of sp³-hybridized carbons (Fsp3) is 0.350. The molecule has 4 rings (SSSR count). The molecule has 2 aromatic carbocycles. The lowest BCUT2D eigenvalue weighted by Crippen LogP contribution is -2.25. The highest BCUT2D eigenvalue weighted by Gasteiger charge is 2.43. The van der Waals surface area contributed by atoms with Gasteiger partial charge in [0.2, 0.25) is 0 Å². The number of guanidine groups is 1. The summed E-state index contributed by atoms with van der Waals surface area (Å²) in [5, 5.41) is 3.25. The van der Waals surface area contributed by atoms with Gasteiger partial charge in [-0.15, -0.1) is 24.0 Å². The number of fused-ring (bicyclic) bond motifs is 1. The fourth-order valence-electron chi connectivity index (χ4n) is 3.55. The van der Waals surface area contributed by atoms with E-state index in [4.69, 9.17) is 5.73 Å². The second kappa shape index (κ2) is 7.13. The van der Waals surface area contributed by atoms with Crippen molar-refractivity contribution in [2.24, 2.45) is 10.7 Å². The molecule has 0 aliphatic heterocycles. The Morgan fingerprint density at radius 3 is 2.54 bits per heavy atom. The minimum atomic E-state index is 0. The molecule has 0 atom stereocenters. The molecule has 3 nitrogen and oxygen atoms in total. The molecule has 1 fully saturated rings. The Bertz CT molecular complexity index is 736. The largest absolute Gasteiger partial charge is 0.370 e. The van der Waals surface area contributed by atoms with Crippen LogP contribution in [0.5, 0.6) is 0 Å². The van der Waals surface area contributed by atoms with Gasteiger partial charge in [-0.05, 0) is 60.9 Å². The van der Waals surface area contributed by atoms with Gasteiger partial charge in [-0.3, -0.25) is 4.99 Å². The van der Waals surface area contributed by atoms with E-state index in [1.165, 1.54) is 48.8 Å². The highest BCUT2D eigenvalue weighted by molar-refractivity contribution is 14.0. The van der Waals surface area contributed by atoms with Gasteiger partial charge in [-0.1, -0.05) is 36.4 Å². The molecule has 24 heavy (non-hydrogen) atoms. The Morgan fingerprint density at radius 2 is 1.79 bits per heavy atom. The van der Waals surface area contributed by atoms with Gasteiger partial charge in [0, 0.05) is 11.1 Å². The number of aliphatic imine (C=N–C) groups is 1. The van der Waals surface area contributed by atoms with Gasteiger partial charge in [0.1, 0.15) is 0 Å². The minimum absolute atomic E-state index is 0. The summed E-state index contributed by atoms with van der Waals surface area (Å²) in [6, 6.07) is 17.2. The third-order valence-electron chi connectivity index (χ3n) is 5.16. The number of halogens is 1. The zero-order valence-corrected chi connectivity index (χ0v) is 16.1. The fourth-order valence-corrected chi connectivity index (χ4v) is 3.55. The first-order chi connectivity index (χ1) is 11.3. The maximum atomic E-state index is 6.10. The van der Waals surface area contributed by atoms with E-state index in [1.807, 2.05) is 0 Å². The molecule has 4 heteroatoms. The van der Waals surface area contributed by atoms with Crippen LogP contribution in [0.4, 0.5) is 5.69 Å². The van der Waals surface area contributed by atoms with Crippen molar-refractivity contribution in [2.75, 3.05) is 11.9 Å². The number of nitrogens with zero attached hydrogens (tertiary/aromatic N) is 1. The number of benzene rings is 2. The van der Waals surface area contributed by atoms with Crippen molar-refractivity contribution >= 4 is 35.6 Å². The summed E-state index contributed by atoms with van der Waals surface area (Å²) in [4.78, 5) is 4.61. The van der Waals surface area contributed by atoms with Gasteiger partial charge in [0.15, 0.2) is 5.96 Å². The van der Waals surface area contributed by atoms with Crippen LogP contribution in [0.2, 0.25) is 0 Å². The lowest BCUT2D eigenvalue weighted by Gasteiger charge is -2.14. The van der Waals surface area contributed by atoms with E-state index in [1.54, 1.807) is 0 Å². The van der Waals surface area contributed by atoms with Crippen molar-refractivity contribution in [3.8, 4) is 0 Å². The van der Waals surface area contributed by atoms with E-state index < -0.39 is 0 Å². The summed E-state index contributed by atoms with van der Waals surface area (Å²) < 4.78 is 0. The molecular weight excluding hydrogens is 409 g/mol. The number of aryl methyl sites for hydroxylation is 2. The third kappa shape index (κ3) is 3.58. The van der Waals surface area contributed by atoms with Crippen LogP contribution in [0.1, 0.15) is 36.0 Å². The summed E-state index contributed by atoms with van der Waals surface area (Å²) >= 11 is 0. The third-order valence-corrected chi connectivity index (χ3v) is 5.16. The molecule has 0 bridgehead atoms. The van der Waals surface area contributed by atoms with Gasteiger partial charge in [-0.2, -0.15) is 0 Å². The molecule has 0 amide bonds. The Morgan fingerprint density at radius 1 is 1.04 bits per heavy atom. The highest BCUT2D eigenvalue weighted by atomic mass is 127. The first-order valence-corrected chi connectivity index (χ1v) is 8.49. The molecule has 0 heterocycles. The average Bonchev–Trinajstić information content (AvgIpc) is 3.24. The van der Waals surface area contributed by atoms with E-state index in [-0.39, 0.29) is 29.4 Å². The maximum absolute atomic E-state index is 6.10. The highest BCUT2D eigenvalue weighted by Crippen LogP contribution is 2.48. The van der Waals surface area contributed by atoms with E-state index >= 15 is 0 Å². The molecular formula is C20H24IN3. The van der Waals surface area contributed by atoms with Crippen LogP contribution in [0.3, 0.4) is 0 Å². The van der Waals surface area contributed by atoms with Crippen LogP contribution in [0.25, 0.3) is 0 Å². The number of hydrogen-bond acceptors (Lipinski definition) is 1. The molecule has 2 aliphatic carbocycles. The van der Waals surface area contributed by atoms with Gasteiger partial charge < -0.3 is 11.1 Å². The molecule has 0 radical (unpaired) electrons. The summed E-state index contributed by atoms with van der Waals surface area (Å²) in [7, 11) is 0. The second-order valence-corrected chi connectivity index (χ2v) is 6.81. The van der Waals surface area contributed by atoms with E-state index in [2.05, 4.69) is 58.8 Å². The Hall–Kier alpha value is -1.56. The number of anilines is 1. The second-order valence-electron chi connectivity index (χ2n) is 6.81. The minimum Gasteiger partial charge on any atom is -0.370 e. The average molecular weight is 433 g/mol. The number of rotatable bonds is 4. The summed E-state index contributed by atoms with van der Waals surface area (Å²) in [5.74, 6) is 0.519. The zero-order chi connectivity index (χ0) is 15.7. The van der Waals surface area contributed by atoms with Crippen LogP contribution in [-0.4, -0.2) is 12.5 Å². The monoisotopic (exact) mass is 433 g/mol. The van der Waals surface area contributed by atoms with Gasteiger partial charge in [-0.25, -0.2) is 0 Å². The Labute approximate surface area is 160 Å². The van der Waals surface area contributed by atoms with Crippen molar-refractivity contribution in [3.05, 3.63) is 65.2 Å². The normalized spacial score (nSPS) is 17.8. The van der Waals surface area contributed by atoms with Crippen molar-refractivity contribution in [1.82, 2.24) is 0 Å². The van der Waals surface area contributed by atoms with Crippen molar-refractivity contribution in [2.45, 2.75) is 37.5 Å². The molecule has 1 saturated carbocycles. The predicted molar refractivity (Wildman–Crippen MR) is 111 cm³/mol. The number of hydrogen-bond donors (Lipinski definition) is 2. The van der Waals surface area contributed by atoms with Crippen LogP contribution < -0.4 is 11.1 Å². The van der Waals surface area contributed by atoms with Crippen molar-refractivity contribution in [3.63, 3.8) is 0 Å². The predicted octanol–water partition coefficient (Wildman–Crippen LogP) is 4.25. The standard InChI is InChI=1S/C20H23N3.HI/c21-19(23-18-10-9-15-5-4-6-16(15)13-18)22-14-20(11-12-20)17-7-2-1-3-8-17;/h1-3,7-10,13H,4-6,11-12,14H2,(H3,21,22,23);1H. The lowest BCUT2D eigenvalue weighted by molar-refractivity contribution is 0.705. The first kappa shape index (κ1) is 17.3. The number of nitrogens with two attached hydrogens (primary N) is 1. The van der Waals surface area contributed by atoms with Crippen LogP contribution in [-0.2, 0) is 18.3 Å². The van der Waals surface area contributed by atoms with Gasteiger partial charge in [0.05, 0.1) is 6.54 Å². The SMILES string of the molecule is I.NC(=NCC1(c2ccccc2)CC1)Nc1ccc2c(c1)CCC2. The topological polar surface area (TPSA) is 50.4 Å². The van der Waals surface area contributed by atoms with Gasteiger partial charge in [0.25, 0.3) is 0 Å². The van der Waals surface area contributed by atoms with Crippen LogP contribution >= 0.6 is 24.0 Å². The van der Waals surface area contributed by atoms with Crippen molar-refractivity contribution < 1.29 is 0 Å². The Balaban J connectivity index is 0.00000169. The molecule has 3 N–H and O–H groups in total. The van der Waals surface area contributed by atoms with E-state index in [9.17, 15) is 0 Å². The molecule has 0 spiro atoms. The molecule has 126 valence electrons. The van der Waals surface area contributed by atoms with E-state index in [0.29, 0.717) is 5.96 Å². The molecule has 2 aliphatic rings. The van der Waals surface area contributed by atoms with Crippen LogP contribution in [0, 0.1) is 0 Å². The van der Waals surface area contributed by atoms with E-state index in [0.717, 1.165) is 12.2 Å². The first-order valence-electron chi connectivity index (χ1n) is 8.49. The number of nitrogens with one attached hydrogen (secondary N) is 1. The zero-order valence-electron chi connectivity index (χ0n) is 13.8.